The lowest BCUT2D eigenvalue weighted by Crippen LogP contribution is -2.44. The van der Waals surface area contributed by atoms with Gasteiger partial charge < -0.3 is 9.64 Å². The summed E-state index contributed by atoms with van der Waals surface area (Å²) in [4.78, 5) is 14.8. The van der Waals surface area contributed by atoms with Crippen LogP contribution in [0, 0.1) is 5.41 Å². The highest BCUT2D eigenvalue weighted by atomic mass is 16.5. The van der Waals surface area contributed by atoms with Crippen molar-refractivity contribution in [2.75, 3.05) is 6.61 Å². The first-order chi connectivity index (χ1) is 8.98. The summed E-state index contributed by atoms with van der Waals surface area (Å²) in [6.45, 7) is 6.60. The summed E-state index contributed by atoms with van der Waals surface area (Å²) >= 11 is 0. The van der Waals surface area contributed by atoms with Gasteiger partial charge in [-0.15, -0.1) is 0 Å². The number of carbonyl (C=O) groups excluding carboxylic acids is 1. The maximum atomic E-state index is 12.7. The van der Waals surface area contributed by atoms with Crippen LogP contribution in [0.5, 0.6) is 5.75 Å². The summed E-state index contributed by atoms with van der Waals surface area (Å²) in [5, 5.41) is 0. The molecule has 0 aliphatic carbocycles. The van der Waals surface area contributed by atoms with E-state index < -0.39 is 0 Å². The molecule has 0 saturated carbocycles. The number of benzene rings is 1. The van der Waals surface area contributed by atoms with Gasteiger partial charge in [0.2, 0.25) is 5.91 Å². The van der Waals surface area contributed by atoms with E-state index >= 15 is 0 Å². The summed E-state index contributed by atoms with van der Waals surface area (Å²) < 4.78 is 5.88. The van der Waals surface area contributed by atoms with Gasteiger partial charge in [0.25, 0.3) is 0 Å². The third-order valence-corrected chi connectivity index (χ3v) is 4.09. The highest BCUT2D eigenvalue weighted by Crippen LogP contribution is 2.44. The molecule has 102 valence electrons. The minimum atomic E-state index is -0.333. The number of para-hydroxylation sites is 1. The molecule has 1 amide bonds. The number of hydrogen-bond donors (Lipinski definition) is 0. The van der Waals surface area contributed by atoms with Gasteiger partial charge in [0.15, 0.2) is 0 Å². The molecule has 0 unspecified atom stereocenters. The van der Waals surface area contributed by atoms with Gasteiger partial charge in [-0.05, 0) is 18.9 Å². The van der Waals surface area contributed by atoms with Crippen molar-refractivity contribution in [3.8, 4) is 5.75 Å². The second-order valence-electron chi connectivity index (χ2n) is 6.56. The van der Waals surface area contributed by atoms with E-state index in [1.54, 1.807) is 0 Å². The Kier molecular flexibility index (Phi) is 2.80. The summed E-state index contributed by atoms with van der Waals surface area (Å²) in [5.74, 6) is 1.18. The summed E-state index contributed by atoms with van der Waals surface area (Å²) in [6, 6.07) is 8.54. The van der Waals surface area contributed by atoms with Crippen LogP contribution in [0.4, 0.5) is 0 Å². The first kappa shape index (κ1) is 12.5. The first-order valence-electron chi connectivity index (χ1n) is 7.03. The van der Waals surface area contributed by atoms with Gasteiger partial charge in [-0.3, -0.25) is 4.79 Å². The average molecular weight is 259 g/mol. The molecule has 2 aliphatic rings. The number of nitrogens with zero attached hydrogens (tertiary/aromatic N) is 1. The summed E-state index contributed by atoms with van der Waals surface area (Å²) in [7, 11) is 0. The average Bonchev–Trinajstić information content (AvgIpc) is 2.69. The highest BCUT2D eigenvalue weighted by Gasteiger charge is 2.44. The summed E-state index contributed by atoms with van der Waals surface area (Å²) in [5.41, 5.74) is 0.834. The van der Waals surface area contributed by atoms with E-state index in [4.69, 9.17) is 4.74 Å². The number of fused-ring (bicyclic) bond motifs is 4. The molecule has 1 aromatic carbocycles. The zero-order valence-corrected chi connectivity index (χ0v) is 11.8. The molecule has 2 heterocycles. The van der Waals surface area contributed by atoms with Crippen LogP contribution in [-0.4, -0.2) is 23.5 Å². The first-order valence-corrected chi connectivity index (χ1v) is 7.03. The number of rotatable bonds is 0. The van der Waals surface area contributed by atoms with Crippen LogP contribution in [0.25, 0.3) is 0 Å². The zero-order chi connectivity index (χ0) is 13.6. The third kappa shape index (κ3) is 2.01. The standard InChI is InChI=1S/C16H21NO2/c1-16(2,3)15(18)17-11-8-9-13(17)12-6-4-5-7-14(12)19-10-11/h4-7,11,13H,8-10H2,1-3H3/t11-,13+/m1/s1. The van der Waals surface area contributed by atoms with Crippen LogP contribution in [-0.2, 0) is 4.79 Å². The Bertz CT molecular complexity index is 504. The maximum Gasteiger partial charge on any atom is 0.228 e. The molecular formula is C16H21NO2. The van der Waals surface area contributed by atoms with E-state index in [-0.39, 0.29) is 23.4 Å². The fourth-order valence-corrected chi connectivity index (χ4v) is 3.12. The lowest BCUT2D eigenvalue weighted by molar-refractivity contribution is -0.142. The Labute approximate surface area is 114 Å². The molecule has 19 heavy (non-hydrogen) atoms. The largest absolute Gasteiger partial charge is 0.491 e. The number of carbonyl (C=O) groups is 1. The normalized spacial score (nSPS) is 25.5. The van der Waals surface area contributed by atoms with Crippen molar-refractivity contribution < 1.29 is 9.53 Å². The van der Waals surface area contributed by atoms with Crippen molar-refractivity contribution in [2.24, 2.45) is 5.41 Å². The predicted octanol–water partition coefficient (Wildman–Crippen LogP) is 3.16. The Morgan fingerprint density at radius 3 is 2.74 bits per heavy atom. The topological polar surface area (TPSA) is 29.5 Å². The molecule has 0 radical (unpaired) electrons. The van der Waals surface area contributed by atoms with Crippen LogP contribution in [0.1, 0.15) is 45.2 Å². The van der Waals surface area contributed by atoms with E-state index in [9.17, 15) is 4.79 Å². The van der Waals surface area contributed by atoms with Crippen LogP contribution >= 0.6 is 0 Å². The van der Waals surface area contributed by atoms with Gasteiger partial charge in [0.05, 0.1) is 12.1 Å². The Balaban J connectivity index is 2.02. The predicted molar refractivity (Wildman–Crippen MR) is 74.0 cm³/mol. The zero-order valence-electron chi connectivity index (χ0n) is 11.8. The Morgan fingerprint density at radius 2 is 2.00 bits per heavy atom. The molecular weight excluding hydrogens is 238 g/mol. The smallest absolute Gasteiger partial charge is 0.228 e. The van der Waals surface area contributed by atoms with Crippen molar-refractivity contribution in [1.82, 2.24) is 4.90 Å². The Morgan fingerprint density at radius 1 is 1.26 bits per heavy atom. The van der Waals surface area contributed by atoms with E-state index in [1.807, 2.05) is 39.0 Å². The van der Waals surface area contributed by atoms with E-state index in [1.165, 1.54) is 5.56 Å². The van der Waals surface area contributed by atoms with E-state index in [0.29, 0.717) is 6.61 Å². The van der Waals surface area contributed by atoms with Crippen molar-refractivity contribution in [2.45, 2.75) is 45.7 Å². The molecule has 2 atom stereocenters. The summed E-state index contributed by atoms with van der Waals surface area (Å²) in [6.07, 6.45) is 2.09. The number of ether oxygens (including phenoxy) is 1. The second-order valence-corrected chi connectivity index (χ2v) is 6.56. The van der Waals surface area contributed by atoms with Crippen molar-refractivity contribution >= 4 is 5.91 Å². The molecule has 0 aromatic heterocycles. The van der Waals surface area contributed by atoms with Crippen molar-refractivity contribution in [1.29, 1.82) is 0 Å². The lowest BCUT2D eigenvalue weighted by atomic mass is 9.93. The lowest BCUT2D eigenvalue weighted by Gasteiger charge is -2.33. The van der Waals surface area contributed by atoms with E-state index in [2.05, 4.69) is 11.0 Å². The third-order valence-electron chi connectivity index (χ3n) is 4.09. The SMILES string of the molecule is CC(C)(C)C(=O)N1[C@@H]2CC[C@H]1c1ccccc1OC2. The molecule has 0 N–H and O–H groups in total. The molecule has 1 saturated heterocycles. The maximum absolute atomic E-state index is 12.7. The second kappa shape index (κ2) is 4.26. The molecule has 3 heteroatoms. The van der Waals surface area contributed by atoms with Gasteiger partial charge in [-0.1, -0.05) is 39.0 Å². The molecule has 1 aromatic rings. The minimum absolute atomic E-state index is 0.190. The van der Waals surface area contributed by atoms with Gasteiger partial charge in [0, 0.05) is 11.0 Å². The fourth-order valence-electron chi connectivity index (χ4n) is 3.12. The van der Waals surface area contributed by atoms with Gasteiger partial charge in [-0.25, -0.2) is 0 Å². The quantitative estimate of drug-likeness (QED) is 0.716. The van der Waals surface area contributed by atoms with Gasteiger partial charge in [-0.2, -0.15) is 0 Å². The van der Waals surface area contributed by atoms with Crippen molar-refractivity contribution in [3.63, 3.8) is 0 Å². The molecule has 0 spiro atoms. The monoisotopic (exact) mass is 259 g/mol. The van der Waals surface area contributed by atoms with Gasteiger partial charge >= 0.3 is 0 Å². The molecule has 2 aliphatic heterocycles. The molecule has 3 rings (SSSR count). The van der Waals surface area contributed by atoms with Crippen LogP contribution in [0.15, 0.2) is 24.3 Å². The molecule has 1 fully saturated rings. The van der Waals surface area contributed by atoms with E-state index in [0.717, 1.165) is 18.6 Å². The molecule has 3 nitrogen and oxygen atoms in total. The Hall–Kier alpha value is -1.51. The molecule has 2 bridgehead atoms. The van der Waals surface area contributed by atoms with Crippen LogP contribution in [0.2, 0.25) is 0 Å². The van der Waals surface area contributed by atoms with Crippen LogP contribution in [0.3, 0.4) is 0 Å². The number of amides is 1. The van der Waals surface area contributed by atoms with Crippen molar-refractivity contribution in [3.05, 3.63) is 29.8 Å². The fraction of sp³-hybridized carbons (Fsp3) is 0.562. The number of hydrogen-bond acceptors (Lipinski definition) is 2. The highest BCUT2D eigenvalue weighted by molar-refractivity contribution is 5.82. The van der Waals surface area contributed by atoms with Crippen LogP contribution < -0.4 is 4.74 Å². The van der Waals surface area contributed by atoms with Gasteiger partial charge in [0.1, 0.15) is 12.4 Å². The minimum Gasteiger partial charge on any atom is -0.491 e.